The highest BCUT2D eigenvalue weighted by atomic mass is 16.5. The van der Waals surface area contributed by atoms with Gasteiger partial charge in [0.15, 0.2) is 6.61 Å². The summed E-state index contributed by atoms with van der Waals surface area (Å²) in [6, 6.07) is 6.08. The van der Waals surface area contributed by atoms with Gasteiger partial charge in [-0.05, 0) is 48.4 Å². The second kappa shape index (κ2) is 6.29. The molecule has 0 saturated carbocycles. The average molecular weight is 275 g/mol. The van der Waals surface area contributed by atoms with Crippen molar-refractivity contribution in [2.24, 2.45) is 5.92 Å². The summed E-state index contributed by atoms with van der Waals surface area (Å²) < 4.78 is 5.64. The van der Waals surface area contributed by atoms with Crippen LogP contribution in [0.5, 0.6) is 5.75 Å². The normalized spacial score (nSPS) is 18.6. The lowest BCUT2D eigenvalue weighted by atomic mass is 9.98. The van der Waals surface area contributed by atoms with E-state index in [2.05, 4.69) is 33.8 Å². The number of ether oxygens (including phenoxy) is 1. The van der Waals surface area contributed by atoms with Crippen molar-refractivity contribution >= 4 is 5.91 Å². The molecule has 1 amide bonds. The summed E-state index contributed by atoms with van der Waals surface area (Å²) in [4.78, 5) is 13.9. The highest BCUT2D eigenvalue weighted by molar-refractivity contribution is 5.78. The fourth-order valence-corrected chi connectivity index (χ4v) is 2.78. The number of carbonyl (C=O) groups excluding carboxylic acids is 1. The second-order valence-electron chi connectivity index (χ2n) is 6.20. The largest absolute Gasteiger partial charge is 0.484 e. The second-order valence-corrected chi connectivity index (χ2v) is 6.20. The molecule has 1 atom stereocenters. The van der Waals surface area contributed by atoms with Gasteiger partial charge in [0.25, 0.3) is 5.91 Å². The Morgan fingerprint density at radius 3 is 2.75 bits per heavy atom. The minimum Gasteiger partial charge on any atom is -0.484 e. The van der Waals surface area contributed by atoms with Gasteiger partial charge >= 0.3 is 0 Å². The van der Waals surface area contributed by atoms with Crippen LogP contribution in [0.4, 0.5) is 0 Å². The zero-order chi connectivity index (χ0) is 14.7. The minimum atomic E-state index is 0.0972. The molecule has 1 aliphatic rings. The molecule has 0 bridgehead atoms. The summed E-state index contributed by atoms with van der Waals surface area (Å²) in [5.41, 5.74) is 2.55. The van der Waals surface area contributed by atoms with Gasteiger partial charge in [0.2, 0.25) is 0 Å². The van der Waals surface area contributed by atoms with Crippen LogP contribution >= 0.6 is 0 Å². The van der Waals surface area contributed by atoms with Crippen LogP contribution in [0.25, 0.3) is 0 Å². The van der Waals surface area contributed by atoms with E-state index in [1.54, 1.807) is 0 Å². The molecule has 0 radical (unpaired) electrons. The number of carbonyl (C=O) groups is 1. The molecule has 1 fully saturated rings. The summed E-state index contributed by atoms with van der Waals surface area (Å²) in [5.74, 6) is 2.01. The minimum absolute atomic E-state index is 0.0972. The van der Waals surface area contributed by atoms with Crippen LogP contribution in [0.1, 0.15) is 44.2 Å². The van der Waals surface area contributed by atoms with Gasteiger partial charge in [-0.3, -0.25) is 4.79 Å². The van der Waals surface area contributed by atoms with E-state index in [-0.39, 0.29) is 12.5 Å². The van der Waals surface area contributed by atoms with Crippen LogP contribution in [0.15, 0.2) is 18.2 Å². The molecule has 1 heterocycles. The van der Waals surface area contributed by atoms with Gasteiger partial charge in [0.1, 0.15) is 5.75 Å². The number of aryl methyl sites for hydroxylation is 1. The van der Waals surface area contributed by atoms with E-state index in [9.17, 15) is 4.79 Å². The van der Waals surface area contributed by atoms with Crippen LogP contribution in [0.3, 0.4) is 0 Å². The summed E-state index contributed by atoms with van der Waals surface area (Å²) in [6.45, 7) is 10.5. The third-order valence-electron chi connectivity index (χ3n) is 4.00. The van der Waals surface area contributed by atoms with Gasteiger partial charge in [-0.2, -0.15) is 0 Å². The van der Waals surface area contributed by atoms with Gasteiger partial charge in [-0.25, -0.2) is 0 Å². The van der Waals surface area contributed by atoms with Crippen molar-refractivity contribution in [3.05, 3.63) is 29.3 Å². The maximum atomic E-state index is 12.0. The van der Waals surface area contributed by atoms with Crippen LogP contribution in [0, 0.1) is 12.8 Å². The standard InChI is InChI=1S/C17H25NO2/c1-12(2)16-6-5-15(9-14(16)4)20-11-17(19)18-8-7-13(3)10-18/h5-6,9,12-13H,7-8,10-11H2,1-4H3. The number of rotatable bonds is 4. The maximum Gasteiger partial charge on any atom is 0.260 e. The van der Waals surface area contributed by atoms with Crippen LogP contribution in [-0.2, 0) is 4.79 Å². The monoisotopic (exact) mass is 275 g/mol. The molecule has 2 rings (SSSR count). The molecule has 1 saturated heterocycles. The maximum absolute atomic E-state index is 12.0. The average Bonchev–Trinajstić information content (AvgIpc) is 2.82. The van der Waals surface area contributed by atoms with Crippen molar-refractivity contribution in [1.82, 2.24) is 4.90 Å². The zero-order valence-electron chi connectivity index (χ0n) is 13.0. The molecule has 1 aromatic rings. The van der Waals surface area contributed by atoms with Gasteiger partial charge < -0.3 is 9.64 Å². The summed E-state index contributed by atoms with van der Waals surface area (Å²) in [6.07, 6.45) is 1.11. The summed E-state index contributed by atoms with van der Waals surface area (Å²) in [7, 11) is 0. The van der Waals surface area contributed by atoms with E-state index in [0.717, 1.165) is 25.3 Å². The molecular weight excluding hydrogens is 250 g/mol. The first-order chi connectivity index (χ1) is 9.47. The molecule has 1 unspecified atom stereocenters. The Morgan fingerprint density at radius 1 is 1.45 bits per heavy atom. The van der Waals surface area contributed by atoms with Crippen molar-refractivity contribution in [3.63, 3.8) is 0 Å². The number of likely N-dealkylation sites (tertiary alicyclic amines) is 1. The highest BCUT2D eigenvalue weighted by Gasteiger charge is 2.23. The van der Waals surface area contributed by atoms with Crippen LogP contribution < -0.4 is 4.74 Å². The van der Waals surface area contributed by atoms with E-state index in [4.69, 9.17) is 4.74 Å². The molecule has 110 valence electrons. The Balaban J connectivity index is 1.91. The Bertz CT molecular complexity index is 482. The number of benzene rings is 1. The Kier molecular flexibility index (Phi) is 4.69. The molecule has 3 heteroatoms. The summed E-state index contributed by atoms with van der Waals surface area (Å²) >= 11 is 0. The number of nitrogens with zero attached hydrogens (tertiary/aromatic N) is 1. The molecule has 0 aromatic heterocycles. The Hall–Kier alpha value is -1.51. The molecule has 0 aliphatic carbocycles. The summed E-state index contributed by atoms with van der Waals surface area (Å²) in [5, 5.41) is 0. The van der Waals surface area contributed by atoms with Gasteiger partial charge in [-0.1, -0.05) is 26.8 Å². The van der Waals surface area contributed by atoms with E-state index < -0.39 is 0 Å². The fourth-order valence-electron chi connectivity index (χ4n) is 2.78. The number of hydrogen-bond donors (Lipinski definition) is 0. The lowest BCUT2D eigenvalue weighted by molar-refractivity contribution is -0.132. The van der Waals surface area contributed by atoms with Crippen LogP contribution in [0.2, 0.25) is 0 Å². The van der Waals surface area contributed by atoms with Gasteiger partial charge in [0.05, 0.1) is 0 Å². The Labute approximate surface area is 121 Å². The third-order valence-corrected chi connectivity index (χ3v) is 4.00. The molecule has 1 aromatic carbocycles. The molecule has 20 heavy (non-hydrogen) atoms. The predicted molar refractivity (Wildman–Crippen MR) is 81.1 cm³/mol. The SMILES string of the molecule is Cc1cc(OCC(=O)N2CCC(C)C2)ccc1C(C)C. The first kappa shape index (κ1) is 14.9. The zero-order valence-corrected chi connectivity index (χ0v) is 13.0. The predicted octanol–water partition coefficient (Wildman–Crippen LogP) is 3.37. The number of hydrogen-bond acceptors (Lipinski definition) is 2. The molecular formula is C17H25NO2. The van der Waals surface area contributed by atoms with Crippen molar-refractivity contribution in [1.29, 1.82) is 0 Å². The third kappa shape index (κ3) is 3.53. The van der Waals surface area contributed by atoms with Crippen molar-refractivity contribution in [2.45, 2.75) is 40.0 Å². The molecule has 1 aliphatic heterocycles. The van der Waals surface area contributed by atoms with Crippen molar-refractivity contribution in [3.8, 4) is 5.75 Å². The van der Waals surface area contributed by atoms with E-state index in [1.807, 2.05) is 17.0 Å². The molecule has 0 N–H and O–H groups in total. The Morgan fingerprint density at radius 2 is 2.20 bits per heavy atom. The topological polar surface area (TPSA) is 29.5 Å². The smallest absolute Gasteiger partial charge is 0.260 e. The van der Waals surface area contributed by atoms with E-state index in [1.165, 1.54) is 11.1 Å². The van der Waals surface area contributed by atoms with E-state index >= 15 is 0 Å². The van der Waals surface area contributed by atoms with Crippen LogP contribution in [-0.4, -0.2) is 30.5 Å². The first-order valence-corrected chi connectivity index (χ1v) is 7.48. The quantitative estimate of drug-likeness (QED) is 0.843. The molecule has 3 nitrogen and oxygen atoms in total. The van der Waals surface area contributed by atoms with E-state index in [0.29, 0.717) is 11.8 Å². The lowest BCUT2D eigenvalue weighted by Gasteiger charge is -2.17. The first-order valence-electron chi connectivity index (χ1n) is 7.48. The molecule has 0 spiro atoms. The highest BCUT2D eigenvalue weighted by Crippen LogP contribution is 2.23. The van der Waals surface area contributed by atoms with Crippen molar-refractivity contribution < 1.29 is 9.53 Å². The van der Waals surface area contributed by atoms with Gasteiger partial charge in [-0.15, -0.1) is 0 Å². The number of amides is 1. The van der Waals surface area contributed by atoms with Crippen molar-refractivity contribution in [2.75, 3.05) is 19.7 Å². The fraction of sp³-hybridized carbons (Fsp3) is 0.588. The van der Waals surface area contributed by atoms with Gasteiger partial charge in [0, 0.05) is 13.1 Å². The lowest BCUT2D eigenvalue weighted by Crippen LogP contribution is -2.32.